The lowest BCUT2D eigenvalue weighted by Gasteiger charge is -2.27. The van der Waals surface area contributed by atoms with Gasteiger partial charge in [0, 0.05) is 17.9 Å². The summed E-state index contributed by atoms with van der Waals surface area (Å²) in [6.07, 6.45) is 5.08. The van der Waals surface area contributed by atoms with Crippen molar-refractivity contribution in [3.63, 3.8) is 0 Å². The molecule has 1 aliphatic rings. The van der Waals surface area contributed by atoms with Crippen LogP contribution in [0.4, 0.5) is 11.4 Å². The van der Waals surface area contributed by atoms with Crippen LogP contribution in [0.3, 0.4) is 0 Å². The molecule has 0 fully saturated rings. The van der Waals surface area contributed by atoms with Crippen molar-refractivity contribution < 1.29 is 5.11 Å². The molecule has 116 valence electrons. The summed E-state index contributed by atoms with van der Waals surface area (Å²) in [5.74, 6) is 0. The van der Waals surface area contributed by atoms with E-state index in [4.69, 9.17) is 0 Å². The van der Waals surface area contributed by atoms with Gasteiger partial charge >= 0.3 is 0 Å². The zero-order valence-corrected chi connectivity index (χ0v) is 13.3. The van der Waals surface area contributed by atoms with Crippen LogP contribution in [0.25, 0.3) is 0 Å². The number of aryl methyl sites for hydroxylation is 2. The van der Waals surface area contributed by atoms with Gasteiger partial charge in [0.2, 0.25) is 0 Å². The van der Waals surface area contributed by atoms with Crippen molar-refractivity contribution in [1.82, 2.24) is 0 Å². The van der Waals surface area contributed by atoms with E-state index >= 15 is 0 Å². The molecule has 1 N–H and O–H groups in total. The Kier molecular flexibility index (Phi) is 4.79. The smallest absolute Gasteiger partial charge is 0.0512 e. The third-order valence-corrected chi connectivity index (χ3v) is 4.48. The van der Waals surface area contributed by atoms with Crippen LogP contribution in [-0.2, 0) is 12.8 Å². The molecule has 1 aliphatic heterocycles. The minimum Gasteiger partial charge on any atom is -0.393 e. The molecular formula is C20H25NO. The van der Waals surface area contributed by atoms with Gasteiger partial charge in [-0.2, -0.15) is 0 Å². The quantitative estimate of drug-likeness (QED) is 0.822. The summed E-state index contributed by atoms with van der Waals surface area (Å²) >= 11 is 0. The van der Waals surface area contributed by atoms with E-state index in [0.717, 1.165) is 38.6 Å². The Morgan fingerprint density at radius 3 is 2.00 bits per heavy atom. The highest BCUT2D eigenvalue weighted by Crippen LogP contribution is 2.35. The summed E-state index contributed by atoms with van der Waals surface area (Å²) in [5, 5.41) is 9.44. The number of unbranched alkanes of at least 4 members (excludes halogenated alkanes) is 1. The minimum atomic E-state index is -0.191. The third-order valence-electron chi connectivity index (χ3n) is 4.48. The van der Waals surface area contributed by atoms with Crippen molar-refractivity contribution in [3.05, 3.63) is 59.7 Å². The molecule has 22 heavy (non-hydrogen) atoms. The molecule has 0 saturated carbocycles. The van der Waals surface area contributed by atoms with E-state index in [2.05, 4.69) is 53.4 Å². The molecule has 0 saturated heterocycles. The number of aliphatic hydroxyl groups is 1. The molecule has 2 heteroatoms. The molecule has 2 aromatic carbocycles. The van der Waals surface area contributed by atoms with Crippen molar-refractivity contribution in [1.29, 1.82) is 0 Å². The van der Waals surface area contributed by atoms with Crippen molar-refractivity contribution in [2.75, 3.05) is 11.4 Å². The van der Waals surface area contributed by atoms with Gasteiger partial charge in [-0.05, 0) is 62.3 Å². The number of aliphatic hydroxyl groups excluding tert-OH is 1. The van der Waals surface area contributed by atoms with Gasteiger partial charge in [-0.3, -0.25) is 0 Å². The van der Waals surface area contributed by atoms with Gasteiger partial charge in [-0.25, -0.2) is 0 Å². The van der Waals surface area contributed by atoms with Crippen LogP contribution >= 0.6 is 0 Å². The Morgan fingerprint density at radius 1 is 0.909 bits per heavy atom. The van der Waals surface area contributed by atoms with E-state index in [1.807, 2.05) is 6.92 Å². The fourth-order valence-electron chi connectivity index (χ4n) is 3.32. The SMILES string of the molecule is C[C@@H](O)CCCCN1c2ccccc2CCc2ccccc21. The molecule has 3 rings (SSSR count). The first-order valence-corrected chi connectivity index (χ1v) is 8.37. The molecule has 0 aromatic heterocycles. The number of anilines is 2. The fourth-order valence-corrected chi connectivity index (χ4v) is 3.32. The Morgan fingerprint density at radius 2 is 1.45 bits per heavy atom. The van der Waals surface area contributed by atoms with Gasteiger partial charge in [0.05, 0.1) is 6.10 Å². The number of hydrogen-bond donors (Lipinski definition) is 1. The third kappa shape index (κ3) is 3.33. The summed E-state index contributed by atoms with van der Waals surface area (Å²) in [4.78, 5) is 2.47. The lowest BCUT2D eigenvalue weighted by atomic mass is 10.0. The van der Waals surface area contributed by atoms with Gasteiger partial charge in [0.15, 0.2) is 0 Å². The topological polar surface area (TPSA) is 23.5 Å². The largest absolute Gasteiger partial charge is 0.393 e. The summed E-state index contributed by atoms with van der Waals surface area (Å²) in [7, 11) is 0. The highest BCUT2D eigenvalue weighted by molar-refractivity contribution is 5.71. The van der Waals surface area contributed by atoms with Crippen molar-refractivity contribution >= 4 is 11.4 Å². The second-order valence-corrected chi connectivity index (χ2v) is 6.25. The molecule has 0 bridgehead atoms. The molecule has 2 aromatic rings. The molecule has 0 spiro atoms. The van der Waals surface area contributed by atoms with E-state index in [1.54, 1.807) is 0 Å². The standard InChI is InChI=1S/C20H25NO/c1-16(22)8-6-7-15-21-19-11-4-2-9-17(19)13-14-18-10-3-5-12-20(18)21/h2-5,9-12,16,22H,6-8,13-15H2,1H3/t16-/m1/s1. The average Bonchev–Trinajstić information content (AvgIpc) is 2.69. The summed E-state index contributed by atoms with van der Waals surface area (Å²) in [6, 6.07) is 17.5. The molecule has 0 radical (unpaired) electrons. The van der Waals surface area contributed by atoms with Gasteiger partial charge in [0.1, 0.15) is 0 Å². The molecule has 2 nitrogen and oxygen atoms in total. The molecule has 1 heterocycles. The molecule has 0 aliphatic carbocycles. The van der Waals surface area contributed by atoms with Crippen LogP contribution in [0.15, 0.2) is 48.5 Å². The molecule has 1 atom stereocenters. The molecular weight excluding hydrogens is 270 g/mol. The molecule has 0 unspecified atom stereocenters. The fraction of sp³-hybridized carbons (Fsp3) is 0.400. The van der Waals surface area contributed by atoms with Crippen LogP contribution in [0, 0.1) is 0 Å². The number of nitrogens with zero attached hydrogens (tertiary/aromatic N) is 1. The van der Waals surface area contributed by atoms with Crippen LogP contribution in [0.2, 0.25) is 0 Å². The van der Waals surface area contributed by atoms with Crippen LogP contribution < -0.4 is 4.90 Å². The monoisotopic (exact) mass is 295 g/mol. The predicted octanol–water partition coefficient (Wildman–Crippen LogP) is 4.47. The van der Waals surface area contributed by atoms with E-state index < -0.39 is 0 Å². The zero-order valence-electron chi connectivity index (χ0n) is 13.3. The lowest BCUT2D eigenvalue weighted by molar-refractivity contribution is 0.181. The Hall–Kier alpha value is -1.80. The van der Waals surface area contributed by atoms with Gasteiger partial charge in [-0.1, -0.05) is 36.4 Å². The van der Waals surface area contributed by atoms with Crippen molar-refractivity contribution in [2.45, 2.75) is 45.1 Å². The van der Waals surface area contributed by atoms with E-state index in [9.17, 15) is 5.11 Å². The number of hydrogen-bond acceptors (Lipinski definition) is 2. The van der Waals surface area contributed by atoms with E-state index in [-0.39, 0.29) is 6.10 Å². The first kappa shape index (κ1) is 15.1. The molecule has 0 amide bonds. The first-order valence-electron chi connectivity index (χ1n) is 8.37. The van der Waals surface area contributed by atoms with E-state index in [0.29, 0.717) is 0 Å². The number of para-hydroxylation sites is 2. The lowest BCUT2D eigenvalue weighted by Crippen LogP contribution is -2.20. The number of fused-ring (bicyclic) bond motifs is 2. The zero-order chi connectivity index (χ0) is 15.4. The number of benzene rings is 2. The second-order valence-electron chi connectivity index (χ2n) is 6.25. The van der Waals surface area contributed by atoms with Crippen molar-refractivity contribution in [3.8, 4) is 0 Å². The maximum absolute atomic E-state index is 9.44. The highest BCUT2D eigenvalue weighted by atomic mass is 16.3. The number of rotatable bonds is 5. The Balaban J connectivity index is 1.85. The first-order chi connectivity index (χ1) is 10.8. The van der Waals surface area contributed by atoms with E-state index in [1.165, 1.54) is 22.5 Å². The van der Waals surface area contributed by atoms with Gasteiger partial charge < -0.3 is 10.0 Å². The van der Waals surface area contributed by atoms with Crippen LogP contribution in [0.5, 0.6) is 0 Å². The van der Waals surface area contributed by atoms with Crippen molar-refractivity contribution in [2.24, 2.45) is 0 Å². The second kappa shape index (κ2) is 6.97. The average molecular weight is 295 g/mol. The predicted molar refractivity (Wildman–Crippen MR) is 92.8 cm³/mol. The Labute approximate surface area is 133 Å². The summed E-state index contributed by atoms with van der Waals surface area (Å²) in [5.41, 5.74) is 5.58. The van der Waals surface area contributed by atoms with Gasteiger partial charge in [-0.15, -0.1) is 0 Å². The highest BCUT2D eigenvalue weighted by Gasteiger charge is 2.19. The van der Waals surface area contributed by atoms with Crippen LogP contribution in [-0.4, -0.2) is 17.8 Å². The normalized spacial score (nSPS) is 14.9. The van der Waals surface area contributed by atoms with Gasteiger partial charge in [0.25, 0.3) is 0 Å². The summed E-state index contributed by atoms with van der Waals surface area (Å²) < 4.78 is 0. The maximum atomic E-state index is 9.44. The maximum Gasteiger partial charge on any atom is 0.0512 e. The minimum absolute atomic E-state index is 0.191. The van der Waals surface area contributed by atoms with Crippen LogP contribution in [0.1, 0.15) is 37.3 Å². The summed E-state index contributed by atoms with van der Waals surface area (Å²) in [6.45, 7) is 2.89. The Bertz CT molecular complexity index is 573.